The molecule has 1 heterocycles. The highest BCUT2D eigenvalue weighted by Gasteiger charge is 2.10. The van der Waals surface area contributed by atoms with Gasteiger partial charge in [-0.15, -0.1) is 0 Å². The smallest absolute Gasteiger partial charge is 0.161 e. The van der Waals surface area contributed by atoms with E-state index in [0.717, 1.165) is 22.8 Å². The second kappa shape index (κ2) is 5.10. The van der Waals surface area contributed by atoms with Crippen LogP contribution in [-0.4, -0.2) is 24.2 Å². The van der Waals surface area contributed by atoms with E-state index in [9.17, 15) is 0 Å². The second-order valence-corrected chi connectivity index (χ2v) is 3.93. The first kappa shape index (κ1) is 12.4. The summed E-state index contributed by atoms with van der Waals surface area (Å²) in [7, 11) is 3.22. The van der Waals surface area contributed by atoms with E-state index in [1.807, 2.05) is 25.1 Å². The molecular formula is C13H17N3O2. The van der Waals surface area contributed by atoms with Crippen LogP contribution in [0.15, 0.2) is 18.2 Å². The van der Waals surface area contributed by atoms with Gasteiger partial charge in [0.2, 0.25) is 0 Å². The predicted molar refractivity (Wildman–Crippen MR) is 69.8 cm³/mol. The molecule has 0 unspecified atom stereocenters. The van der Waals surface area contributed by atoms with Crippen LogP contribution in [-0.2, 0) is 6.54 Å². The number of aryl methyl sites for hydroxylation is 1. The molecule has 0 aliphatic heterocycles. The third kappa shape index (κ3) is 2.17. The number of hydrogen-bond acceptors (Lipinski definition) is 4. The number of aromatic amines is 1. The Labute approximate surface area is 106 Å². The number of aromatic nitrogens is 2. The summed E-state index contributed by atoms with van der Waals surface area (Å²) in [4.78, 5) is 7.67. The predicted octanol–water partition coefficient (Wildman–Crippen LogP) is 1.86. The molecule has 0 atom stereocenters. The summed E-state index contributed by atoms with van der Waals surface area (Å²) in [5, 5.41) is 0. The Balaban J connectivity index is 2.44. The van der Waals surface area contributed by atoms with Crippen LogP contribution in [0.5, 0.6) is 11.5 Å². The Bertz CT molecular complexity index is 549. The molecule has 0 spiro atoms. The lowest BCUT2D eigenvalue weighted by atomic mass is 10.2. The highest BCUT2D eigenvalue weighted by Crippen LogP contribution is 2.31. The summed E-state index contributed by atoms with van der Waals surface area (Å²) in [5.74, 6) is 2.16. The van der Waals surface area contributed by atoms with Crippen LogP contribution in [0.1, 0.15) is 11.4 Å². The van der Waals surface area contributed by atoms with E-state index in [2.05, 4.69) is 9.97 Å². The van der Waals surface area contributed by atoms with Gasteiger partial charge in [-0.2, -0.15) is 0 Å². The number of rotatable bonds is 4. The van der Waals surface area contributed by atoms with Gasteiger partial charge in [0.25, 0.3) is 0 Å². The van der Waals surface area contributed by atoms with Crippen molar-refractivity contribution in [1.29, 1.82) is 0 Å². The summed E-state index contributed by atoms with van der Waals surface area (Å²) < 4.78 is 10.5. The first-order chi connectivity index (χ1) is 8.69. The van der Waals surface area contributed by atoms with Crippen molar-refractivity contribution in [3.63, 3.8) is 0 Å². The van der Waals surface area contributed by atoms with Crippen molar-refractivity contribution in [3.8, 4) is 22.9 Å². The van der Waals surface area contributed by atoms with Crippen LogP contribution in [0.2, 0.25) is 0 Å². The standard InChI is InChI=1S/C13H17N3O2/c1-8-10(7-14)16-13(15-8)9-4-5-11(17-2)12(6-9)18-3/h4-6H,7,14H2,1-3H3,(H,15,16). The first-order valence-electron chi connectivity index (χ1n) is 5.67. The lowest BCUT2D eigenvalue weighted by Gasteiger charge is -2.08. The van der Waals surface area contributed by atoms with Crippen LogP contribution in [0.25, 0.3) is 11.4 Å². The largest absolute Gasteiger partial charge is 0.493 e. The quantitative estimate of drug-likeness (QED) is 0.865. The molecule has 1 aromatic carbocycles. The molecule has 0 fully saturated rings. The van der Waals surface area contributed by atoms with Crippen molar-refractivity contribution < 1.29 is 9.47 Å². The van der Waals surface area contributed by atoms with Crippen LogP contribution in [0, 0.1) is 6.92 Å². The van der Waals surface area contributed by atoms with Gasteiger partial charge in [-0.3, -0.25) is 0 Å². The molecule has 18 heavy (non-hydrogen) atoms. The maximum Gasteiger partial charge on any atom is 0.161 e. The minimum atomic E-state index is 0.426. The molecule has 0 amide bonds. The minimum Gasteiger partial charge on any atom is -0.493 e. The lowest BCUT2D eigenvalue weighted by Crippen LogP contribution is -1.98. The van der Waals surface area contributed by atoms with Gasteiger partial charge in [-0.25, -0.2) is 4.98 Å². The summed E-state index contributed by atoms with van der Waals surface area (Å²) in [5.41, 5.74) is 8.42. The molecule has 2 aromatic rings. The minimum absolute atomic E-state index is 0.426. The topological polar surface area (TPSA) is 73.2 Å². The molecule has 96 valence electrons. The van der Waals surface area contributed by atoms with Crippen LogP contribution < -0.4 is 15.2 Å². The van der Waals surface area contributed by atoms with Gasteiger partial charge in [-0.1, -0.05) is 0 Å². The van der Waals surface area contributed by atoms with E-state index in [-0.39, 0.29) is 0 Å². The summed E-state index contributed by atoms with van der Waals surface area (Å²) in [6.07, 6.45) is 0. The molecule has 5 nitrogen and oxygen atoms in total. The van der Waals surface area contributed by atoms with E-state index < -0.39 is 0 Å². The van der Waals surface area contributed by atoms with E-state index in [4.69, 9.17) is 15.2 Å². The first-order valence-corrected chi connectivity index (χ1v) is 5.67. The summed E-state index contributed by atoms with van der Waals surface area (Å²) in [6.45, 7) is 2.38. The monoisotopic (exact) mass is 247 g/mol. The zero-order chi connectivity index (χ0) is 13.1. The molecule has 2 rings (SSSR count). The van der Waals surface area contributed by atoms with E-state index in [1.54, 1.807) is 14.2 Å². The Kier molecular flexibility index (Phi) is 3.53. The molecule has 1 aromatic heterocycles. The molecule has 0 aliphatic carbocycles. The molecule has 0 bridgehead atoms. The zero-order valence-electron chi connectivity index (χ0n) is 10.8. The van der Waals surface area contributed by atoms with Crippen molar-refractivity contribution in [2.45, 2.75) is 13.5 Å². The maximum atomic E-state index is 5.62. The van der Waals surface area contributed by atoms with Gasteiger partial charge >= 0.3 is 0 Å². The number of nitrogens with zero attached hydrogens (tertiary/aromatic N) is 1. The normalized spacial score (nSPS) is 10.4. The number of hydrogen-bond donors (Lipinski definition) is 2. The molecule has 0 aliphatic rings. The number of nitrogens with one attached hydrogen (secondary N) is 1. The van der Waals surface area contributed by atoms with Crippen LogP contribution in [0.3, 0.4) is 0 Å². The van der Waals surface area contributed by atoms with Gasteiger partial charge in [0.05, 0.1) is 19.9 Å². The molecule has 0 saturated heterocycles. The van der Waals surface area contributed by atoms with Crippen LogP contribution in [0.4, 0.5) is 0 Å². The molecule has 0 radical (unpaired) electrons. The molecule has 0 saturated carbocycles. The number of nitrogens with two attached hydrogens (primary N) is 1. The van der Waals surface area contributed by atoms with Crippen molar-refractivity contribution in [1.82, 2.24) is 9.97 Å². The number of ether oxygens (including phenoxy) is 2. The molecular weight excluding hydrogens is 230 g/mol. The highest BCUT2D eigenvalue weighted by molar-refractivity contribution is 5.61. The van der Waals surface area contributed by atoms with Gasteiger partial charge in [0, 0.05) is 17.8 Å². The van der Waals surface area contributed by atoms with E-state index in [1.165, 1.54) is 0 Å². The highest BCUT2D eigenvalue weighted by atomic mass is 16.5. The fraction of sp³-hybridized carbons (Fsp3) is 0.308. The van der Waals surface area contributed by atoms with Crippen molar-refractivity contribution in [2.24, 2.45) is 5.73 Å². The van der Waals surface area contributed by atoms with Crippen molar-refractivity contribution >= 4 is 0 Å². The number of imidazole rings is 1. The van der Waals surface area contributed by atoms with Gasteiger partial charge in [0.15, 0.2) is 11.5 Å². The average Bonchev–Trinajstić information content (AvgIpc) is 2.79. The lowest BCUT2D eigenvalue weighted by molar-refractivity contribution is 0.355. The number of methoxy groups -OCH3 is 2. The third-order valence-electron chi connectivity index (χ3n) is 2.84. The average molecular weight is 247 g/mol. The number of H-pyrrole nitrogens is 1. The second-order valence-electron chi connectivity index (χ2n) is 3.93. The van der Waals surface area contributed by atoms with Crippen molar-refractivity contribution in [2.75, 3.05) is 14.2 Å². The molecule has 5 heteroatoms. The van der Waals surface area contributed by atoms with Gasteiger partial charge in [0.1, 0.15) is 5.82 Å². The maximum absolute atomic E-state index is 5.62. The van der Waals surface area contributed by atoms with E-state index >= 15 is 0 Å². The number of benzene rings is 1. The Morgan fingerprint density at radius 1 is 1.22 bits per heavy atom. The fourth-order valence-corrected chi connectivity index (χ4v) is 1.82. The van der Waals surface area contributed by atoms with Crippen LogP contribution >= 0.6 is 0 Å². The van der Waals surface area contributed by atoms with Gasteiger partial charge in [-0.05, 0) is 25.1 Å². The summed E-state index contributed by atoms with van der Waals surface area (Å²) >= 11 is 0. The zero-order valence-corrected chi connectivity index (χ0v) is 10.8. The van der Waals surface area contributed by atoms with E-state index in [0.29, 0.717) is 18.0 Å². The third-order valence-corrected chi connectivity index (χ3v) is 2.84. The SMILES string of the molecule is COc1ccc(-c2nc(CN)c(C)[nH]2)cc1OC. The summed E-state index contributed by atoms with van der Waals surface area (Å²) in [6, 6.07) is 5.67. The fourth-order valence-electron chi connectivity index (χ4n) is 1.82. The van der Waals surface area contributed by atoms with Gasteiger partial charge < -0.3 is 20.2 Å². The molecule has 3 N–H and O–H groups in total. The van der Waals surface area contributed by atoms with Crippen molar-refractivity contribution in [3.05, 3.63) is 29.6 Å². The Hall–Kier alpha value is -2.01. The Morgan fingerprint density at radius 2 is 1.94 bits per heavy atom. The Morgan fingerprint density at radius 3 is 2.50 bits per heavy atom.